The number of carboxylic acid groups (broad SMARTS) is 1. The van der Waals surface area contributed by atoms with Crippen LogP contribution < -0.4 is 5.32 Å². The predicted molar refractivity (Wildman–Crippen MR) is 58.0 cm³/mol. The van der Waals surface area contributed by atoms with E-state index in [0.717, 1.165) is 0 Å². The van der Waals surface area contributed by atoms with Gasteiger partial charge in [0.15, 0.2) is 0 Å². The number of carbonyl (C=O) groups excluding carboxylic acids is 1. The van der Waals surface area contributed by atoms with Gasteiger partial charge >= 0.3 is 5.97 Å². The van der Waals surface area contributed by atoms with E-state index >= 15 is 0 Å². The minimum atomic E-state index is -1.04. The van der Waals surface area contributed by atoms with Gasteiger partial charge in [-0.25, -0.2) is 4.79 Å². The molecule has 1 aromatic heterocycles. The lowest BCUT2D eigenvalue weighted by Crippen LogP contribution is -2.44. The maximum Gasteiger partial charge on any atom is 0.326 e. The second kappa shape index (κ2) is 5.25. The largest absolute Gasteiger partial charge is 0.480 e. The Kier molecular flexibility index (Phi) is 3.99. The van der Waals surface area contributed by atoms with Gasteiger partial charge in [0, 0.05) is 6.20 Å². The molecule has 0 aliphatic carbocycles. The number of aromatic nitrogens is 1. The van der Waals surface area contributed by atoms with E-state index < -0.39 is 17.9 Å². The second-order valence-corrected chi connectivity index (χ2v) is 3.75. The Bertz CT molecular complexity index is 376. The Labute approximate surface area is 93.5 Å². The molecule has 0 aliphatic heterocycles. The molecule has 0 saturated heterocycles. The van der Waals surface area contributed by atoms with Gasteiger partial charge in [0.2, 0.25) is 0 Å². The van der Waals surface area contributed by atoms with Crippen LogP contribution in [-0.4, -0.2) is 28.0 Å². The monoisotopic (exact) mass is 222 g/mol. The molecule has 0 aliphatic rings. The first-order valence-corrected chi connectivity index (χ1v) is 4.97. The topological polar surface area (TPSA) is 79.3 Å². The van der Waals surface area contributed by atoms with Gasteiger partial charge in [-0.1, -0.05) is 19.9 Å². The van der Waals surface area contributed by atoms with Crippen molar-refractivity contribution in [2.45, 2.75) is 19.9 Å². The molecular formula is C11H14N2O3. The Morgan fingerprint density at radius 1 is 1.38 bits per heavy atom. The summed E-state index contributed by atoms with van der Waals surface area (Å²) in [4.78, 5) is 26.3. The quantitative estimate of drug-likeness (QED) is 0.794. The average Bonchev–Trinajstić information content (AvgIpc) is 2.25. The van der Waals surface area contributed by atoms with Crippen molar-refractivity contribution < 1.29 is 14.7 Å². The Balaban J connectivity index is 2.74. The zero-order valence-electron chi connectivity index (χ0n) is 9.18. The van der Waals surface area contributed by atoms with Crippen LogP contribution >= 0.6 is 0 Å². The van der Waals surface area contributed by atoms with Crippen molar-refractivity contribution in [3.05, 3.63) is 30.1 Å². The van der Waals surface area contributed by atoms with Gasteiger partial charge in [-0.15, -0.1) is 0 Å². The molecule has 0 bridgehead atoms. The lowest BCUT2D eigenvalue weighted by atomic mass is 10.0. The van der Waals surface area contributed by atoms with Crippen LogP contribution in [0.1, 0.15) is 24.3 Å². The van der Waals surface area contributed by atoms with E-state index in [1.807, 2.05) is 0 Å². The molecule has 0 fully saturated rings. The molecule has 5 nitrogen and oxygen atoms in total. The summed E-state index contributed by atoms with van der Waals surface area (Å²) in [6.07, 6.45) is 1.49. The van der Waals surface area contributed by atoms with Crippen molar-refractivity contribution in [2.24, 2.45) is 5.92 Å². The number of carbonyl (C=O) groups is 2. The molecule has 1 rings (SSSR count). The first-order chi connectivity index (χ1) is 7.52. The van der Waals surface area contributed by atoms with Gasteiger partial charge in [0.25, 0.3) is 5.91 Å². The first kappa shape index (κ1) is 12.2. The summed E-state index contributed by atoms with van der Waals surface area (Å²) in [6.45, 7) is 3.47. The van der Waals surface area contributed by atoms with Gasteiger partial charge in [0.1, 0.15) is 11.7 Å². The number of nitrogens with zero attached hydrogens (tertiary/aromatic N) is 1. The van der Waals surface area contributed by atoms with Crippen LogP contribution in [0, 0.1) is 5.92 Å². The Morgan fingerprint density at radius 2 is 2.06 bits per heavy atom. The van der Waals surface area contributed by atoms with E-state index in [9.17, 15) is 9.59 Å². The highest BCUT2D eigenvalue weighted by Gasteiger charge is 2.24. The maximum atomic E-state index is 11.6. The van der Waals surface area contributed by atoms with E-state index in [1.54, 1.807) is 26.0 Å². The fraction of sp³-hybridized carbons (Fsp3) is 0.364. The molecule has 0 saturated carbocycles. The number of hydrogen-bond donors (Lipinski definition) is 2. The number of aliphatic carboxylic acids is 1. The molecule has 2 N–H and O–H groups in total. The summed E-state index contributed by atoms with van der Waals surface area (Å²) in [5, 5.41) is 11.3. The number of carboxylic acids is 1. The third-order valence-corrected chi connectivity index (χ3v) is 2.12. The highest BCUT2D eigenvalue weighted by atomic mass is 16.4. The van der Waals surface area contributed by atoms with Crippen molar-refractivity contribution in [1.82, 2.24) is 10.3 Å². The molecule has 1 atom stereocenters. The highest BCUT2D eigenvalue weighted by molar-refractivity contribution is 5.94. The fourth-order valence-electron chi connectivity index (χ4n) is 1.23. The molecule has 1 aromatic rings. The molecule has 0 aromatic carbocycles. The standard InChI is InChI=1S/C11H14N2O3/c1-7(2)9(11(15)16)13-10(14)8-5-3-4-6-12-8/h3-7,9H,1-2H3,(H,13,14)(H,15,16). The maximum absolute atomic E-state index is 11.6. The molecule has 1 amide bonds. The molecular weight excluding hydrogens is 208 g/mol. The molecule has 0 radical (unpaired) electrons. The molecule has 16 heavy (non-hydrogen) atoms. The number of amides is 1. The van der Waals surface area contributed by atoms with E-state index in [-0.39, 0.29) is 11.6 Å². The van der Waals surface area contributed by atoms with Crippen LogP contribution in [0.3, 0.4) is 0 Å². The summed E-state index contributed by atoms with van der Waals surface area (Å²) in [5.41, 5.74) is 0.217. The number of hydrogen-bond acceptors (Lipinski definition) is 3. The number of pyridine rings is 1. The van der Waals surface area contributed by atoms with Gasteiger partial charge in [-0.05, 0) is 18.1 Å². The molecule has 86 valence electrons. The highest BCUT2D eigenvalue weighted by Crippen LogP contribution is 2.03. The van der Waals surface area contributed by atoms with Crippen LogP contribution in [0.2, 0.25) is 0 Å². The summed E-state index contributed by atoms with van der Waals surface area (Å²) in [6, 6.07) is 4.00. The van der Waals surface area contributed by atoms with E-state index in [2.05, 4.69) is 10.3 Å². The molecule has 0 spiro atoms. The minimum absolute atomic E-state index is 0.176. The zero-order chi connectivity index (χ0) is 12.1. The minimum Gasteiger partial charge on any atom is -0.480 e. The number of nitrogens with one attached hydrogen (secondary N) is 1. The predicted octanol–water partition coefficient (Wildman–Crippen LogP) is 0.921. The second-order valence-electron chi connectivity index (χ2n) is 3.75. The lowest BCUT2D eigenvalue weighted by Gasteiger charge is -2.17. The summed E-state index contributed by atoms with van der Waals surface area (Å²) in [7, 11) is 0. The average molecular weight is 222 g/mol. The zero-order valence-corrected chi connectivity index (χ0v) is 9.18. The third-order valence-electron chi connectivity index (χ3n) is 2.12. The van der Waals surface area contributed by atoms with Crippen molar-refractivity contribution >= 4 is 11.9 Å². The van der Waals surface area contributed by atoms with Crippen molar-refractivity contribution in [3.63, 3.8) is 0 Å². The SMILES string of the molecule is CC(C)C(NC(=O)c1ccccn1)C(=O)O. The Hall–Kier alpha value is -1.91. The Morgan fingerprint density at radius 3 is 2.50 bits per heavy atom. The van der Waals surface area contributed by atoms with Gasteiger partial charge < -0.3 is 10.4 Å². The fourth-order valence-corrected chi connectivity index (χ4v) is 1.23. The van der Waals surface area contributed by atoms with E-state index in [1.165, 1.54) is 12.3 Å². The molecule has 1 unspecified atom stereocenters. The van der Waals surface area contributed by atoms with Crippen LogP contribution in [-0.2, 0) is 4.79 Å². The molecule has 5 heteroatoms. The van der Waals surface area contributed by atoms with Crippen LogP contribution in [0.15, 0.2) is 24.4 Å². The summed E-state index contributed by atoms with van der Waals surface area (Å²) >= 11 is 0. The van der Waals surface area contributed by atoms with E-state index in [4.69, 9.17) is 5.11 Å². The van der Waals surface area contributed by atoms with Gasteiger partial charge in [0.05, 0.1) is 0 Å². The number of rotatable bonds is 4. The van der Waals surface area contributed by atoms with Crippen molar-refractivity contribution in [1.29, 1.82) is 0 Å². The first-order valence-electron chi connectivity index (χ1n) is 4.97. The van der Waals surface area contributed by atoms with Crippen LogP contribution in [0.25, 0.3) is 0 Å². The summed E-state index contributed by atoms with van der Waals surface area (Å²) < 4.78 is 0. The van der Waals surface area contributed by atoms with Crippen molar-refractivity contribution in [2.75, 3.05) is 0 Å². The molecule has 1 heterocycles. The smallest absolute Gasteiger partial charge is 0.326 e. The van der Waals surface area contributed by atoms with Crippen LogP contribution in [0.5, 0.6) is 0 Å². The lowest BCUT2D eigenvalue weighted by molar-refractivity contribution is -0.140. The third kappa shape index (κ3) is 3.05. The summed E-state index contributed by atoms with van der Waals surface area (Å²) in [5.74, 6) is -1.69. The van der Waals surface area contributed by atoms with Gasteiger partial charge in [-0.2, -0.15) is 0 Å². The van der Waals surface area contributed by atoms with E-state index in [0.29, 0.717) is 0 Å². The van der Waals surface area contributed by atoms with Crippen LogP contribution in [0.4, 0.5) is 0 Å². The van der Waals surface area contributed by atoms with Crippen molar-refractivity contribution in [3.8, 4) is 0 Å². The van der Waals surface area contributed by atoms with Gasteiger partial charge in [-0.3, -0.25) is 9.78 Å². The normalized spacial score (nSPS) is 12.2.